The molecule has 1 saturated heterocycles. The quantitative estimate of drug-likeness (QED) is 0.770. The molecule has 0 bridgehead atoms. The van der Waals surface area contributed by atoms with Crippen molar-refractivity contribution in [3.63, 3.8) is 0 Å². The molecule has 2 unspecified atom stereocenters. The van der Waals surface area contributed by atoms with Crippen LogP contribution < -0.4 is 4.90 Å². The molecule has 0 aromatic heterocycles. The van der Waals surface area contributed by atoms with Crippen molar-refractivity contribution in [2.75, 3.05) is 25.1 Å². The topological polar surface area (TPSA) is 53.3 Å². The van der Waals surface area contributed by atoms with Crippen LogP contribution in [0.2, 0.25) is 0 Å². The Morgan fingerprint density at radius 2 is 2.38 bits per heavy atom. The number of methoxy groups -OCH3 is 1. The summed E-state index contributed by atoms with van der Waals surface area (Å²) in [5, 5.41) is 8.95. The average molecular weight is 349 g/mol. The SMILES string of the molecule is COC(=O)C12CCCC1CN(c1ccc(C#N)cc1Br)C2. The third-order valence-electron chi connectivity index (χ3n) is 4.88. The van der Waals surface area contributed by atoms with Gasteiger partial charge < -0.3 is 9.64 Å². The third kappa shape index (κ3) is 2.22. The van der Waals surface area contributed by atoms with Gasteiger partial charge in [0.1, 0.15) is 0 Å². The van der Waals surface area contributed by atoms with Gasteiger partial charge >= 0.3 is 5.97 Å². The van der Waals surface area contributed by atoms with Crippen LogP contribution in [-0.2, 0) is 9.53 Å². The molecule has 1 aromatic carbocycles. The molecular weight excluding hydrogens is 332 g/mol. The lowest BCUT2D eigenvalue weighted by Crippen LogP contribution is -2.37. The summed E-state index contributed by atoms with van der Waals surface area (Å²) in [6.07, 6.45) is 3.09. The Morgan fingerprint density at radius 1 is 1.57 bits per heavy atom. The van der Waals surface area contributed by atoms with Gasteiger partial charge in [-0.1, -0.05) is 6.42 Å². The summed E-state index contributed by atoms with van der Waals surface area (Å²) >= 11 is 3.54. The Labute approximate surface area is 132 Å². The molecule has 5 heteroatoms. The molecular formula is C16H17BrN2O2. The van der Waals surface area contributed by atoms with E-state index < -0.39 is 0 Å². The van der Waals surface area contributed by atoms with Crippen molar-refractivity contribution in [2.45, 2.75) is 19.3 Å². The van der Waals surface area contributed by atoms with Crippen LogP contribution in [0.5, 0.6) is 0 Å². The molecule has 1 aromatic rings. The number of ether oxygens (including phenoxy) is 1. The first-order chi connectivity index (χ1) is 10.1. The number of nitrogens with zero attached hydrogens (tertiary/aromatic N) is 2. The highest BCUT2D eigenvalue weighted by Crippen LogP contribution is 2.51. The molecule has 1 aliphatic carbocycles. The third-order valence-corrected chi connectivity index (χ3v) is 5.52. The van der Waals surface area contributed by atoms with Gasteiger partial charge in [-0.2, -0.15) is 5.26 Å². The minimum absolute atomic E-state index is 0.0720. The maximum Gasteiger partial charge on any atom is 0.313 e. The van der Waals surface area contributed by atoms with Crippen LogP contribution in [0, 0.1) is 22.7 Å². The highest BCUT2D eigenvalue weighted by Gasteiger charge is 2.55. The summed E-state index contributed by atoms with van der Waals surface area (Å²) in [5.74, 6) is 0.296. The fourth-order valence-corrected chi connectivity index (χ4v) is 4.47. The number of nitriles is 1. The number of carbonyl (C=O) groups excluding carboxylic acids is 1. The molecule has 0 N–H and O–H groups in total. The van der Waals surface area contributed by atoms with E-state index in [2.05, 4.69) is 26.9 Å². The molecule has 0 spiro atoms. The number of esters is 1. The number of hydrogen-bond acceptors (Lipinski definition) is 4. The number of carbonyl (C=O) groups is 1. The van der Waals surface area contributed by atoms with Crippen molar-refractivity contribution in [1.82, 2.24) is 0 Å². The van der Waals surface area contributed by atoms with Crippen molar-refractivity contribution < 1.29 is 9.53 Å². The monoisotopic (exact) mass is 348 g/mol. The lowest BCUT2D eigenvalue weighted by Gasteiger charge is -2.26. The van der Waals surface area contributed by atoms with Gasteiger partial charge in [0.25, 0.3) is 0 Å². The fraction of sp³-hybridized carbons (Fsp3) is 0.500. The van der Waals surface area contributed by atoms with Gasteiger partial charge in [0.2, 0.25) is 0 Å². The average Bonchev–Trinajstić information content (AvgIpc) is 3.03. The molecule has 110 valence electrons. The zero-order valence-corrected chi connectivity index (χ0v) is 13.5. The van der Waals surface area contributed by atoms with E-state index in [0.717, 1.165) is 36.0 Å². The van der Waals surface area contributed by atoms with Gasteiger partial charge in [-0.05, 0) is 52.9 Å². The van der Waals surface area contributed by atoms with Crippen LogP contribution in [-0.4, -0.2) is 26.2 Å². The summed E-state index contributed by atoms with van der Waals surface area (Å²) in [5.41, 5.74) is 1.33. The number of rotatable bonds is 2. The second kappa shape index (κ2) is 5.34. The van der Waals surface area contributed by atoms with Crippen LogP contribution in [0.15, 0.2) is 22.7 Å². The minimum Gasteiger partial charge on any atom is -0.469 e. The molecule has 0 amide bonds. The Bertz CT molecular complexity index is 625. The molecule has 0 radical (unpaired) electrons. The lowest BCUT2D eigenvalue weighted by molar-refractivity contribution is -0.152. The summed E-state index contributed by atoms with van der Waals surface area (Å²) in [7, 11) is 1.48. The lowest BCUT2D eigenvalue weighted by atomic mass is 9.81. The highest BCUT2D eigenvalue weighted by molar-refractivity contribution is 9.10. The maximum atomic E-state index is 12.3. The first-order valence-electron chi connectivity index (χ1n) is 7.14. The van der Waals surface area contributed by atoms with E-state index >= 15 is 0 Å². The summed E-state index contributed by atoms with van der Waals surface area (Å²) in [6.45, 7) is 1.58. The largest absolute Gasteiger partial charge is 0.469 e. The molecule has 21 heavy (non-hydrogen) atoms. The van der Waals surface area contributed by atoms with Gasteiger partial charge in [-0.3, -0.25) is 4.79 Å². The Hall–Kier alpha value is -1.54. The van der Waals surface area contributed by atoms with Crippen molar-refractivity contribution in [1.29, 1.82) is 5.26 Å². The zero-order valence-electron chi connectivity index (χ0n) is 11.9. The van der Waals surface area contributed by atoms with E-state index in [1.54, 1.807) is 0 Å². The molecule has 2 aliphatic rings. The van der Waals surface area contributed by atoms with Gasteiger partial charge in [-0.25, -0.2) is 0 Å². The molecule has 2 fully saturated rings. The van der Waals surface area contributed by atoms with Crippen LogP contribution in [0.4, 0.5) is 5.69 Å². The Morgan fingerprint density at radius 3 is 3.05 bits per heavy atom. The first-order valence-corrected chi connectivity index (χ1v) is 7.93. The Kier molecular flexibility index (Phi) is 3.66. The molecule has 1 saturated carbocycles. The summed E-state index contributed by atoms with van der Waals surface area (Å²) in [6, 6.07) is 7.74. The van der Waals surface area contributed by atoms with Crippen molar-refractivity contribution >= 4 is 27.6 Å². The normalized spacial score (nSPS) is 27.3. The van der Waals surface area contributed by atoms with E-state index in [1.165, 1.54) is 7.11 Å². The Balaban J connectivity index is 1.90. The first kappa shape index (κ1) is 14.4. The van der Waals surface area contributed by atoms with Crippen molar-refractivity contribution in [2.24, 2.45) is 11.3 Å². The maximum absolute atomic E-state index is 12.3. The molecule has 4 nitrogen and oxygen atoms in total. The van der Waals surface area contributed by atoms with E-state index in [1.807, 2.05) is 18.2 Å². The number of anilines is 1. The second-order valence-corrected chi connectivity index (χ2v) is 6.75. The van der Waals surface area contributed by atoms with Crippen molar-refractivity contribution in [3.8, 4) is 6.07 Å². The molecule has 2 atom stereocenters. The zero-order chi connectivity index (χ0) is 15.0. The van der Waals surface area contributed by atoms with Crippen LogP contribution in [0.25, 0.3) is 0 Å². The second-order valence-electron chi connectivity index (χ2n) is 5.90. The molecule has 1 heterocycles. The number of halogens is 1. The van der Waals surface area contributed by atoms with Gasteiger partial charge in [0.15, 0.2) is 0 Å². The van der Waals surface area contributed by atoms with Crippen LogP contribution in [0.3, 0.4) is 0 Å². The highest BCUT2D eigenvalue weighted by atomic mass is 79.9. The van der Waals surface area contributed by atoms with Crippen LogP contribution in [0.1, 0.15) is 24.8 Å². The van der Waals surface area contributed by atoms with E-state index in [9.17, 15) is 4.79 Å². The number of fused-ring (bicyclic) bond motifs is 1. The smallest absolute Gasteiger partial charge is 0.313 e. The van der Waals surface area contributed by atoms with Gasteiger partial charge in [0.05, 0.1) is 29.8 Å². The summed E-state index contributed by atoms with van der Waals surface area (Å²) < 4.78 is 5.97. The van der Waals surface area contributed by atoms with Gasteiger partial charge in [0, 0.05) is 17.6 Å². The molecule has 3 rings (SSSR count). The fourth-order valence-electron chi connectivity index (χ4n) is 3.84. The van der Waals surface area contributed by atoms with Gasteiger partial charge in [-0.15, -0.1) is 0 Å². The molecule has 1 aliphatic heterocycles. The standard InChI is InChI=1S/C16H17BrN2O2/c1-21-15(20)16-6-2-3-12(16)9-19(10-16)14-5-4-11(8-18)7-13(14)17/h4-5,7,12H,2-3,6,9-10H2,1H3. The van der Waals surface area contributed by atoms with E-state index in [0.29, 0.717) is 18.0 Å². The van der Waals surface area contributed by atoms with E-state index in [4.69, 9.17) is 10.00 Å². The van der Waals surface area contributed by atoms with Crippen molar-refractivity contribution in [3.05, 3.63) is 28.2 Å². The van der Waals surface area contributed by atoms with Crippen LogP contribution >= 0.6 is 15.9 Å². The predicted molar refractivity (Wildman–Crippen MR) is 82.9 cm³/mol. The number of hydrogen-bond donors (Lipinski definition) is 0. The predicted octanol–water partition coefficient (Wildman–Crippen LogP) is 3.10. The minimum atomic E-state index is -0.345. The number of benzene rings is 1. The van der Waals surface area contributed by atoms with E-state index in [-0.39, 0.29) is 11.4 Å². The summed E-state index contributed by atoms with van der Waals surface area (Å²) in [4.78, 5) is 14.5.